The summed E-state index contributed by atoms with van der Waals surface area (Å²) < 4.78 is 16.4. The topological polar surface area (TPSA) is 61.8 Å². The molecule has 0 N–H and O–H groups in total. The van der Waals surface area contributed by atoms with Crippen LogP contribution >= 0.6 is 0 Å². The van der Waals surface area contributed by atoms with Crippen molar-refractivity contribution in [3.8, 4) is 0 Å². The molecule has 0 aromatic carbocycles. The van der Waals surface area contributed by atoms with E-state index in [1.54, 1.807) is 0 Å². The molecule has 136 valence electrons. The lowest BCUT2D eigenvalue weighted by atomic mass is 10.0. The van der Waals surface area contributed by atoms with E-state index < -0.39 is 0 Å². The first-order chi connectivity index (χ1) is 11.7. The van der Waals surface area contributed by atoms with Crippen LogP contribution in [0.25, 0.3) is 0 Å². The molecule has 0 aromatic heterocycles. The second-order valence-electron chi connectivity index (χ2n) is 6.47. The monoisotopic (exact) mass is 338 g/mol. The quantitative estimate of drug-likeness (QED) is 0.449. The van der Waals surface area contributed by atoms with E-state index in [9.17, 15) is 9.59 Å². The van der Waals surface area contributed by atoms with Gasteiger partial charge in [-0.15, -0.1) is 0 Å². The normalized spacial score (nSPS) is 19.0. The highest BCUT2D eigenvalue weighted by molar-refractivity contribution is 5.98. The van der Waals surface area contributed by atoms with Crippen LogP contribution < -0.4 is 0 Å². The Morgan fingerprint density at radius 1 is 1.12 bits per heavy atom. The van der Waals surface area contributed by atoms with Crippen molar-refractivity contribution in [2.24, 2.45) is 0 Å². The summed E-state index contributed by atoms with van der Waals surface area (Å²) in [5.74, 6) is 1.07. The first kappa shape index (κ1) is 19.0. The van der Waals surface area contributed by atoms with Gasteiger partial charge in [-0.05, 0) is 26.2 Å². The maximum Gasteiger partial charge on any atom is 0.305 e. The van der Waals surface area contributed by atoms with Crippen LogP contribution in [0.5, 0.6) is 0 Å². The molecule has 0 radical (unpaired) electrons. The van der Waals surface area contributed by atoms with Gasteiger partial charge in [0.1, 0.15) is 11.9 Å². The average molecular weight is 338 g/mol. The summed E-state index contributed by atoms with van der Waals surface area (Å²) in [6.07, 6.45) is 8.55. The number of Topliss-reactive ketones (excluding diaryl/α,β-unsaturated/α-hetero) is 1. The van der Waals surface area contributed by atoms with Gasteiger partial charge in [0.15, 0.2) is 5.78 Å². The summed E-state index contributed by atoms with van der Waals surface area (Å²) in [6, 6.07) is 0. The molecule has 1 saturated heterocycles. The summed E-state index contributed by atoms with van der Waals surface area (Å²) >= 11 is 0. The Morgan fingerprint density at radius 2 is 1.88 bits per heavy atom. The lowest BCUT2D eigenvalue weighted by molar-refractivity contribution is -0.143. The third kappa shape index (κ3) is 6.27. The Bertz CT molecular complexity index is 449. The standard InChI is InChI=1S/C19H30O5/c1-2-23-19(21)8-6-4-3-5-7-16-17(20)9-10-18(16)24-15-11-13-22-14-12-15/h15H,2-14H2,1H3. The van der Waals surface area contributed by atoms with Gasteiger partial charge in [-0.1, -0.05) is 12.8 Å². The second kappa shape index (κ2) is 10.5. The molecule has 0 saturated carbocycles. The Labute approximate surface area is 144 Å². The zero-order valence-electron chi connectivity index (χ0n) is 14.8. The molecule has 5 nitrogen and oxygen atoms in total. The first-order valence-electron chi connectivity index (χ1n) is 9.36. The van der Waals surface area contributed by atoms with Gasteiger partial charge in [0.2, 0.25) is 0 Å². The van der Waals surface area contributed by atoms with Gasteiger partial charge in [-0.25, -0.2) is 0 Å². The predicted octanol–water partition coefficient (Wildman–Crippen LogP) is 3.70. The van der Waals surface area contributed by atoms with Crippen molar-refractivity contribution in [2.75, 3.05) is 19.8 Å². The van der Waals surface area contributed by atoms with Crippen LogP contribution in [0.1, 0.15) is 71.1 Å². The van der Waals surface area contributed by atoms with Crippen molar-refractivity contribution in [2.45, 2.75) is 77.2 Å². The molecule has 2 rings (SSSR count). The molecule has 1 fully saturated rings. The summed E-state index contributed by atoms with van der Waals surface area (Å²) in [5.41, 5.74) is 0.909. The van der Waals surface area contributed by atoms with E-state index in [2.05, 4.69) is 0 Å². The predicted molar refractivity (Wildman–Crippen MR) is 90.5 cm³/mol. The molecule has 1 aliphatic carbocycles. The van der Waals surface area contributed by atoms with Crippen LogP contribution in [-0.4, -0.2) is 37.7 Å². The maximum atomic E-state index is 12.1. The van der Waals surface area contributed by atoms with Crippen molar-refractivity contribution >= 4 is 11.8 Å². The number of hydrogen-bond acceptors (Lipinski definition) is 5. The average Bonchev–Trinajstić information content (AvgIpc) is 2.92. The highest BCUT2D eigenvalue weighted by Gasteiger charge is 2.26. The second-order valence-corrected chi connectivity index (χ2v) is 6.47. The van der Waals surface area contributed by atoms with Gasteiger partial charge in [0.05, 0.1) is 19.8 Å². The molecule has 0 unspecified atom stereocenters. The number of carbonyl (C=O) groups excluding carboxylic acids is 2. The smallest absolute Gasteiger partial charge is 0.305 e. The fourth-order valence-electron chi connectivity index (χ4n) is 3.25. The number of hydrogen-bond donors (Lipinski definition) is 0. The molecular weight excluding hydrogens is 308 g/mol. The fourth-order valence-corrected chi connectivity index (χ4v) is 3.25. The molecule has 0 atom stereocenters. The van der Waals surface area contributed by atoms with Crippen molar-refractivity contribution in [1.29, 1.82) is 0 Å². The number of unbranched alkanes of at least 4 members (excludes halogenated alkanes) is 3. The number of esters is 1. The van der Waals surface area contributed by atoms with Crippen molar-refractivity contribution in [3.63, 3.8) is 0 Å². The SMILES string of the molecule is CCOC(=O)CCCCCCC1=C(OC2CCOCC2)CCC1=O. The molecule has 0 amide bonds. The van der Waals surface area contributed by atoms with E-state index in [0.717, 1.165) is 75.9 Å². The minimum atomic E-state index is -0.113. The largest absolute Gasteiger partial charge is 0.494 e. The molecule has 0 aromatic rings. The van der Waals surface area contributed by atoms with E-state index in [-0.39, 0.29) is 17.9 Å². The summed E-state index contributed by atoms with van der Waals surface area (Å²) in [7, 11) is 0. The molecule has 0 bridgehead atoms. The van der Waals surface area contributed by atoms with Crippen LogP contribution in [0.15, 0.2) is 11.3 Å². The number of carbonyl (C=O) groups is 2. The third-order valence-corrected chi connectivity index (χ3v) is 4.59. The van der Waals surface area contributed by atoms with Gasteiger partial charge in [-0.2, -0.15) is 0 Å². The molecule has 1 aliphatic heterocycles. The van der Waals surface area contributed by atoms with Crippen LogP contribution in [0.2, 0.25) is 0 Å². The van der Waals surface area contributed by atoms with Crippen LogP contribution in [-0.2, 0) is 23.8 Å². The minimum Gasteiger partial charge on any atom is -0.494 e. The fraction of sp³-hybridized carbons (Fsp3) is 0.789. The molecular formula is C19H30O5. The van der Waals surface area contributed by atoms with E-state index >= 15 is 0 Å². The van der Waals surface area contributed by atoms with E-state index in [1.165, 1.54) is 0 Å². The summed E-state index contributed by atoms with van der Waals surface area (Å²) in [4.78, 5) is 23.3. The van der Waals surface area contributed by atoms with Gasteiger partial charge < -0.3 is 14.2 Å². The van der Waals surface area contributed by atoms with Gasteiger partial charge >= 0.3 is 5.97 Å². The van der Waals surface area contributed by atoms with Crippen molar-refractivity contribution < 1.29 is 23.8 Å². The van der Waals surface area contributed by atoms with Crippen LogP contribution in [0, 0.1) is 0 Å². The zero-order chi connectivity index (χ0) is 17.2. The van der Waals surface area contributed by atoms with Crippen molar-refractivity contribution in [3.05, 3.63) is 11.3 Å². The summed E-state index contributed by atoms with van der Waals surface area (Å²) in [6.45, 7) is 3.78. The molecule has 24 heavy (non-hydrogen) atoms. The Hall–Kier alpha value is -1.36. The first-order valence-corrected chi connectivity index (χ1v) is 9.36. The Morgan fingerprint density at radius 3 is 2.62 bits per heavy atom. The Kier molecular flexibility index (Phi) is 8.29. The Balaban J connectivity index is 1.67. The summed E-state index contributed by atoms with van der Waals surface area (Å²) in [5, 5.41) is 0. The highest BCUT2D eigenvalue weighted by atomic mass is 16.5. The number of rotatable bonds is 10. The minimum absolute atomic E-state index is 0.113. The number of allylic oxidation sites excluding steroid dienone is 2. The van der Waals surface area contributed by atoms with E-state index in [0.29, 0.717) is 19.4 Å². The lowest BCUT2D eigenvalue weighted by Gasteiger charge is -2.24. The van der Waals surface area contributed by atoms with Crippen molar-refractivity contribution in [1.82, 2.24) is 0 Å². The van der Waals surface area contributed by atoms with E-state index in [4.69, 9.17) is 14.2 Å². The van der Waals surface area contributed by atoms with Gasteiger partial charge in [0.25, 0.3) is 0 Å². The number of ether oxygens (including phenoxy) is 3. The lowest BCUT2D eigenvalue weighted by Crippen LogP contribution is -2.23. The van der Waals surface area contributed by atoms with Crippen LogP contribution in [0.3, 0.4) is 0 Å². The highest BCUT2D eigenvalue weighted by Crippen LogP contribution is 2.30. The maximum absolute atomic E-state index is 12.1. The molecule has 2 aliphatic rings. The number of ketones is 1. The van der Waals surface area contributed by atoms with E-state index in [1.807, 2.05) is 6.92 Å². The molecule has 1 heterocycles. The third-order valence-electron chi connectivity index (χ3n) is 4.59. The van der Waals surface area contributed by atoms with Crippen LogP contribution in [0.4, 0.5) is 0 Å². The zero-order valence-corrected chi connectivity index (χ0v) is 14.8. The van der Waals surface area contributed by atoms with Gasteiger partial charge in [0, 0.05) is 37.7 Å². The molecule has 5 heteroatoms. The molecule has 0 spiro atoms. The van der Waals surface area contributed by atoms with Gasteiger partial charge in [-0.3, -0.25) is 9.59 Å².